The van der Waals surface area contributed by atoms with E-state index in [-0.39, 0.29) is 18.8 Å². The fourth-order valence-electron chi connectivity index (χ4n) is 1.08. The number of alkyl halides is 3. The van der Waals surface area contributed by atoms with E-state index in [0.29, 0.717) is 6.42 Å². The van der Waals surface area contributed by atoms with Gasteiger partial charge in [-0.15, -0.1) is 0 Å². The molecule has 0 aromatic carbocycles. The van der Waals surface area contributed by atoms with Gasteiger partial charge >= 0.3 is 11.9 Å². The summed E-state index contributed by atoms with van der Waals surface area (Å²) in [5.74, 6) is 0. The van der Waals surface area contributed by atoms with Gasteiger partial charge in [-0.25, -0.2) is 9.48 Å². The molecule has 0 N–H and O–H groups in total. The number of hydrogen-bond acceptors (Lipinski definition) is 3. The van der Waals surface area contributed by atoms with Gasteiger partial charge in [0.1, 0.15) is 12.9 Å². The van der Waals surface area contributed by atoms with Crippen molar-refractivity contribution in [3.8, 4) is 0 Å². The van der Waals surface area contributed by atoms with Crippen LogP contribution in [-0.4, -0.2) is 33.7 Å². The predicted molar refractivity (Wildman–Crippen MR) is 49.0 cm³/mol. The van der Waals surface area contributed by atoms with E-state index in [1.165, 1.54) is 15.6 Å². The van der Waals surface area contributed by atoms with Crippen molar-refractivity contribution in [3.05, 3.63) is 16.8 Å². The molecule has 0 radical (unpaired) electrons. The Bertz CT molecular complexity index is 383. The summed E-state index contributed by atoms with van der Waals surface area (Å²) in [4.78, 5) is 11.2. The second-order valence-corrected chi connectivity index (χ2v) is 3.27. The highest BCUT2D eigenvalue weighted by Crippen LogP contribution is 2.14. The molecular weight excluding hydrogens is 227 g/mol. The molecule has 0 saturated heterocycles. The largest absolute Gasteiger partial charge is 0.411 e. The van der Waals surface area contributed by atoms with E-state index >= 15 is 0 Å². The monoisotopic (exact) mass is 239 g/mol. The second kappa shape index (κ2) is 5.15. The first-order valence-corrected chi connectivity index (χ1v) is 4.63. The molecular formula is C8H12F3N3O2. The van der Waals surface area contributed by atoms with Gasteiger partial charge in [-0.1, -0.05) is 0 Å². The SMILES string of the molecule is Cn1cnn(CCCOCC(F)(F)F)c1=O. The minimum Gasteiger partial charge on any atom is -0.372 e. The van der Waals surface area contributed by atoms with E-state index in [2.05, 4.69) is 9.84 Å². The molecule has 1 heterocycles. The van der Waals surface area contributed by atoms with Crippen molar-refractivity contribution in [2.24, 2.45) is 7.05 Å². The normalized spacial score (nSPS) is 12.0. The second-order valence-electron chi connectivity index (χ2n) is 3.27. The Morgan fingerprint density at radius 3 is 2.69 bits per heavy atom. The Kier molecular flexibility index (Phi) is 4.11. The van der Waals surface area contributed by atoms with Gasteiger partial charge in [0.2, 0.25) is 0 Å². The number of aryl methyl sites for hydroxylation is 2. The van der Waals surface area contributed by atoms with Crippen LogP contribution in [-0.2, 0) is 18.3 Å². The zero-order chi connectivity index (χ0) is 12.2. The third-order valence-corrected chi connectivity index (χ3v) is 1.81. The van der Waals surface area contributed by atoms with Crippen molar-refractivity contribution in [3.63, 3.8) is 0 Å². The van der Waals surface area contributed by atoms with Crippen LogP contribution in [0.1, 0.15) is 6.42 Å². The van der Waals surface area contributed by atoms with E-state index in [9.17, 15) is 18.0 Å². The summed E-state index contributed by atoms with van der Waals surface area (Å²) in [7, 11) is 1.55. The van der Waals surface area contributed by atoms with Gasteiger partial charge in [-0.05, 0) is 6.42 Å². The molecule has 1 aromatic heterocycles. The molecule has 0 fully saturated rings. The summed E-state index contributed by atoms with van der Waals surface area (Å²) < 4.78 is 41.9. The Morgan fingerprint density at radius 1 is 1.50 bits per heavy atom. The number of aromatic nitrogens is 3. The third-order valence-electron chi connectivity index (χ3n) is 1.81. The number of halogens is 3. The lowest BCUT2D eigenvalue weighted by atomic mass is 10.4. The van der Waals surface area contributed by atoms with Crippen molar-refractivity contribution >= 4 is 0 Å². The lowest BCUT2D eigenvalue weighted by molar-refractivity contribution is -0.174. The number of hydrogen-bond donors (Lipinski definition) is 0. The van der Waals surface area contributed by atoms with Crippen molar-refractivity contribution in [2.75, 3.05) is 13.2 Å². The zero-order valence-corrected chi connectivity index (χ0v) is 8.70. The van der Waals surface area contributed by atoms with Gasteiger partial charge < -0.3 is 4.74 Å². The van der Waals surface area contributed by atoms with Gasteiger partial charge in [-0.2, -0.15) is 18.3 Å². The first kappa shape index (κ1) is 12.8. The topological polar surface area (TPSA) is 49.0 Å². The summed E-state index contributed by atoms with van der Waals surface area (Å²) in [6.45, 7) is -1.07. The Morgan fingerprint density at radius 2 is 2.19 bits per heavy atom. The van der Waals surface area contributed by atoms with Crippen molar-refractivity contribution in [1.82, 2.24) is 14.3 Å². The molecule has 0 aliphatic heterocycles. The first-order valence-electron chi connectivity index (χ1n) is 4.63. The number of rotatable bonds is 5. The summed E-state index contributed by atoms with van der Waals surface area (Å²) >= 11 is 0. The molecule has 0 saturated carbocycles. The molecule has 0 atom stereocenters. The van der Waals surface area contributed by atoms with Gasteiger partial charge in [0.05, 0.1) is 0 Å². The van der Waals surface area contributed by atoms with Crippen LogP contribution in [0.5, 0.6) is 0 Å². The molecule has 0 spiro atoms. The van der Waals surface area contributed by atoms with Crippen LogP contribution >= 0.6 is 0 Å². The minimum atomic E-state index is -4.30. The maximum Gasteiger partial charge on any atom is 0.411 e. The average Bonchev–Trinajstić information content (AvgIpc) is 2.47. The van der Waals surface area contributed by atoms with Crippen LogP contribution in [0.15, 0.2) is 11.1 Å². The van der Waals surface area contributed by atoms with Crippen molar-refractivity contribution in [1.29, 1.82) is 0 Å². The number of ether oxygens (including phenoxy) is 1. The van der Waals surface area contributed by atoms with Gasteiger partial charge in [-0.3, -0.25) is 4.57 Å². The smallest absolute Gasteiger partial charge is 0.372 e. The highest BCUT2D eigenvalue weighted by atomic mass is 19.4. The van der Waals surface area contributed by atoms with Crippen LogP contribution in [0.2, 0.25) is 0 Å². The van der Waals surface area contributed by atoms with Crippen molar-refractivity contribution < 1.29 is 17.9 Å². The summed E-state index contributed by atoms with van der Waals surface area (Å²) in [6, 6.07) is 0. The van der Waals surface area contributed by atoms with Crippen LogP contribution in [0.4, 0.5) is 13.2 Å². The molecule has 0 aliphatic carbocycles. The minimum absolute atomic E-state index is 0.0531. The standard InChI is InChI=1S/C8H12F3N3O2/c1-13-6-12-14(7(13)15)3-2-4-16-5-8(9,10)11/h6H,2-5H2,1H3. The first-order chi connectivity index (χ1) is 7.40. The van der Waals surface area contributed by atoms with Crippen LogP contribution in [0.3, 0.4) is 0 Å². The maximum absolute atomic E-state index is 11.7. The summed E-state index contributed by atoms with van der Waals surface area (Å²) in [5, 5.41) is 3.75. The lowest BCUT2D eigenvalue weighted by Crippen LogP contribution is -2.24. The molecule has 5 nitrogen and oxygen atoms in total. The summed E-state index contributed by atoms with van der Waals surface area (Å²) in [6.07, 6.45) is -2.65. The Balaban J connectivity index is 2.22. The molecule has 0 aliphatic rings. The molecule has 1 rings (SSSR count). The van der Waals surface area contributed by atoms with E-state index < -0.39 is 12.8 Å². The van der Waals surface area contributed by atoms with E-state index in [4.69, 9.17) is 0 Å². The van der Waals surface area contributed by atoms with E-state index in [1.54, 1.807) is 7.05 Å². The molecule has 0 bridgehead atoms. The predicted octanol–water partition coefficient (Wildman–Crippen LogP) is 0.551. The van der Waals surface area contributed by atoms with E-state index in [0.717, 1.165) is 0 Å². The maximum atomic E-state index is 11.7. The molecule has 0 amide bonds. The average molecular weight is 239 g/mol. The van der Waals surface area contributed by atoms with Crippen molar-refractivity contribution in [2.45, 2.75) is 19.1 Å². The Labute approximate surface area is 89.4 Å². The molecule has 16 heavy (non-hydrogen) atoms. The quantitative estimate of drug-likeness (QED) is 0.705. The van der Waals surface area contributed by atoms with Gasteiger partial charge in [0.15, 0.2) is 0 Å². The highest BCUT2D eigenvalue weighted by Gasteiger charge is 2.27. The Hall–Kier alpha value is -1.31. The zero-order valence-electron chi connectivity index (χ0n) is 8.70. The summed E-state index contributed by atoms with van der Waals surface area (Å²) in [5.41, 5.74) is -0.296. The third kappa shape index (κ3) is 4.05. The van der Waals surface area contributed by atoms with Crippen LogP contribution in [0.25, 0.3) is 0 Å². The molecule has 8 heteroatoms. The molecule has 0 unspecified atom stereocenters. The fraction of sp³-hybridized carbons (Fsp3) is 0.750. The van der Waals surface area contributed by atoms with Crippen LogP contribution < -0.4 is 5.69 Å². The van der Waals surface area contributed by atoms with E-state index in [1.807, 2.05) is 0 Å². The fourth-order valence-corrected chi connectivity index (χ4v) is 1.08. The lowest BCUT2D eigenvalue weighted by Gasteiger charge is -2.06. The molecule has 92 valence electrons. The highest BCUT2D eigenvalue weighted by molar-refractivity contribution is 4.64. The molecule has 1 aromatic rings. The van der Waals surface area contributed by atoms with Gasteiger partial charge in [0, 0.05) is 20.2 Å². The number of nitrogens with zero attached hydrogens (tertiary/aromatic N) is 3. The van der Waals surface area contributed by atoms with Gasteiger partial charge in [0.25, 0.3) is 0 Å². The van der Waals surface area contributed by atoms with Crippen LogP contribution in [0, 0.1) is 0 Å².